The fourth-order valence-corrected chi connectivity index (χ4v) is 1.72. The molecular weight excluding hydrogens is 305 g/mol. The van der Waals surface area contributed by atoms with E-state index in [0.29, 0.717) is 0 Å². The van der Waals surface area contributed by atoms with Gasteiger partial charge in [0.15, 0.2) is 5.82 Å². The third kappa shape index (κ3) is 3.06. The summed E-state index contributed by atoms with van der Waals surface area (Å²) in [5.74, 6) is -2.44. The minimum atomic E-state index is -1.43. The first-order valence-electron chi connectivity index (χ1n) is 5.49. The molecule has 9 heteroatoms. The van der Waals surface area contributed by atoms with Gasteiger partial charge in [-0.2, -0.15) is 0 Å². The summed E-state index contributed by atoms with van der Waals surface area (Å²) in [5, 5.41) is 22.0. The second-order valence-corrected chi connectivity index (χ2v) is 4.29. The summed E-state index contributed by atoms with van der Waals surface area (Å²) in [4.78, 5) is 24.6. The maximum absolute atomic E-state index is 13.7. The van der Waals surface area contributed by atoms with Gasteiger partial charge in [-0.15, -0.1) is 0 Å². The number of carboxylic acid groups (broad SMARTS) is 1. The van der Waals surface area contributed by atoms with Gasteiger partial charge in [-0.1, -0.05) is 17.7 Å². The Morgan fingerprint density at radius 2 is 2.19 bits per heavy atom. The molecular formula is C12H7ClFN3O4. The van der Waals surface area contributed by atoms with Crippen molar-refractivity contribution in [1.29, 1.82) is 0 Å². The number of aromatic carboxylic acids is 1. The van der Waals surface area contributed by atoms with Crippen LogP contribution < -0.4 is 5.32 Å². The molecule has 2 aromatic rings. The average Bonchev–Trinajstić information content (AvgIpc) is 2.43. The molecule has 0 spiro atoms. The minimum Gasteiger partial charge on any atom is -0.478 e. The summed E-state index contributed by atoms with van der Waals surface area (Å²) in [6.45, 7) is 0. The highest BCUT2D eigenvalue weighted by Gasteiger charge is 2.18. The van der Waals surface area contributed by atoms with Gasteiger partial charge in [0.1, 0.15) is 17.6 Å². The van der Waals surface area contributed by atoms with Crippen molar-refractivity contribution >= 4 is 34.8 Å². The molecule has 0 fully saturated rings. The highest BCUT2D eigenvalue weighted by Crippen LogP contribution is 2.27. The van der Waals surface area contributed by atoms with E-state index in [1.165, 1.54) is 18.2 Å². The molecule has 0 saturated carbocycles. The zero-order valence-corrected chi connectivity index (χ0v) is 11.0. The van der Waals surface area contributed by atoms with Crippen LogP contribution in [-0.2, 0) is 0 Å². The van der Waals surface area contributed by atoms with E-state index in [1.807, 2.05) is 0 Å². The Balaban J connectivity index is 2.46. The summed E-state index contributed by atoms with van der Waals surface area (Å²) in [5.41, 5.74) is -1.03. The van der Waals surface area contributed by atoms with Gasteiger partial charge in [0.05, 0.1) is 15.6 Å². The second-order valence-electron chi connectivity index (χ2n) is 3.88. The van der Waals surface area contributed by atoms with Crippen molar-refractivity contribution in [3.8, 4) is 0 Å². The Morgan fingerprint density at radius 1 is 1.48 bits per heavy atom. The van der Waals surface area contributed by atoms with Gasteiger partial charge >= 0.3 is 5.97 Å². The lowest BCUT2D eigenvalue weighted by Gasteiger charge is -2.09. The molecule has 1 aromatic heterocycles. The molecule has 0 radical (unpaired) electrons. The largest absolute Gasteiger partial charge is 0.478 e. The van der Waals surface area contributed by atoms with E-state index < -0.39 is 28.0 Å². The normalized spacial score (nSPS) is 10.2. The molecule has 7 nitrogen and oxygen atoms in total. The number of aromatic nitrogens is 1. The molecule has 2 rings (SSSR count). The molecule has 0 aliphatic rings. The Bertz CT molecular complexity index is 738. The van der Waals surface area contributed by atoms with E-state index in [-0.39, 0.29) is 16.5 Å². The van der Waals surface area contributed by atoms with Gasteiger partial charge < -0.3 is 10.4 Å². The predicted molar refractivity (Wildman–Crippen MR) is 72.5 cm³/mol. The standard InChI is InChI=1S/C12H7ClFN3O4/c13-8-2-1-3-9(10(8)14)16-11-7(12(18)19)4-6(5-15-11)17(20)21/h1-5H,(H,15,16)(H,18,19). The van der Waals surface area contributed by atoms with Crippen LogP contribution in [-0.4, -0.2) is 21.0 Å². The van der Waals surface area contributed by atoms with E-state index in [9.17, 15) is 19.3 Å². The lowest BCUT2D eigenvalue weighted by atomic mass is 10.2. The van der Waals surface area contributed by atoms with Gasteiger partial charge in [0, 0.05) is 6.07 Å². The van der Waals surface area contributed by atoms with Crippen molar-refractivity contribution in [1.82, 2.24) is 4.98 Å². The van der Waals surface area contributed by atoms with Crippen LogP contribution >= 0.6 is 11.6 Å². The first kappa shape index (κ1) is 14.7. The monoisotopic (exact) mass is 311 g/mol. The topological polar surface area (TPSA) is 105 Å². The van der Waals surface area contributed by atoms with Crippen LogP contribution in [0.25, 0.3) is 0 Å². The van der Waals surface area contributed by atoms with Crippen molar-refractivity contribution in [2.24, 2.45) is 0 Å². The summed E-state index contributed by atoms with van der Waals surface area (Å²) in [6.07, 6.45) is 0.872. The molecule has 1 heterocycles. The lowest BCUT2D eigenvalue weighted by Crippen LogP contribution is -2.07. The van der Waals surface area contributed by atoms with Crippen LogP contribution in [0.5, 0.6) is 0 Å². The number of carbonyl (C=O) groups is 1. The quantitative estimate of drug-likeness (QED) is 0.663. The fourth-order valence-electron chi connectivity index (χ4n) is 1.54. The highest BCUT2D eigenvalue weighted by molar-refractivity contribution is 6.31. The number of nitrogens with zero attached hydrogens (tertiary/aromatic N) is 2. The van der Waals surface area contributed by atoms with E-state index in [2.05, 4.69) is 10.3 Å². The molecule has 108 valence electrons. The number of hydrogen-bond donors (Lipinski definition) is 2. The van der Waals surface area contributed by atoms with Gasteiger partial charge in [0.25, 0.3) is 5.69 Å². The SMILES string of the molecule is O=C(O)c1cc([N+](=O)[O-])cnc1Nc1cccc(Cl)c1F. The van der Waals surface area contributed by atoms with Gasteiger partial charge in [-0.3, -0.25) is 10.1 Å². The van der Waals surface area contributed by atoms with Crippen LogP contribution in [0.2, 0.25) is 5.02 Å². The van der Waals surface area contributed by atoms with Crippen molar-refractivity contribution in [3.05, 3.63) is 57.0 Å². The number of anilines is 2. The number of halogens is 2. The summed E-state index contributed by atoms with van der Waals surface area (Å²) >= 11 is 5.61. The van der Waals surface area contributed by atoms with Crippen LogP contribution in [0.3, 0.4) is 0 Å². The van der Waals surface area contributed by atoms with E-state index in [0.717, 1.165) is 12.3 Å². The number of carboxylic acids is 1. The summed E-state index contributed by atoms with van der Waals surface area (Å²) in [6, 6.07) is 4.94. The van der Waals surface area contributed by atoms with Crippen molar-refractivity contribution in [2.45, 2.75) is 0 Å². The molecule has 21 heavy (non-hydrogen) atoms. The maximum atomic E-state index is 13.7. The molecule has 0 saturated heterocycles. The van der Waals surface area contributed by atoms with Gasteiger partial charge in [-0.25, -0.2) is 14.2 Å². The Kier molecular flexibility index (Phi) is 3.99. The zero-order valence-electron chi connectivity index (χ0n) is 10.2. The molecule has 0 aliphatic carbocycles. The molecule has 0 unspecified atom stereocenters. The first-order chi connectivity index (χ1) is 9.90. The third-order valence-electron chi connectivity index (χ3n) is 2.52. The Morgan fingerprint density at radius 3 is 2.81 bits per heavy atom. The third-order valence-corrected chi connectivity index (χ3v) is 2.81. The summed E-state index contributed by atoms with van der Waals surface area (Å²) in [7, 11) is 0. The number of nitrogens with one attached hydrogen (secondary N) is 1. The van der Waals surface area contributed by atoms with Crippen LogP contribution in [0.15, 0.2) is 30.5 Å². The van der Waals surface area contributed by atoms with Crippen molar-refractivity contribution in [3.63, 3.8) is 0 Å². The second kappa shape index (κ2) is 5.71. The van der Waals surface area contributed by atoms with Crippen molar-refractivity contribution in [2.75, 3.05) is 5.32 Å². The molecule has 0 amide bonds. The van der Waals surface area contributed by atoms with E-state index >= 15 is 0 Å². The summed E-state index contributed by atoms with van der Waals surface area (Å²) < 4.78 is 13.7. The van der Waals surface area contributed by atoms with E-state index in [1.54, 1.807) is 0 Å². The number of hydrogen-bond acceptors (Lipinski definition) is 5. The fraction of sp³-hybridized carbons (Fsp3) is 0. The number of benzene rings is 1. The van der Waals surface area contributed by atoms with Gasteiger partial charge in [-0.05, 0) is 12.1 Å². The van der Waals surface area contributed by atoms with E-state index in [4.69, 9.17) is 16.7 Å². The average molecular weight is 312 g/mol. The van der Waals surface area contributed by atoms with Gasteiger partial charge in [0.2, 0.25) is 0 Å². The number of nitro groups is 1. The Labute approximate surface area is 122 Å². The molecule has 0 aliphatic heterocycles. The van der Waals surface area contributed by atoms with Crippen LogP contribution in [0, 0.1) is 15.9 Å². The zero-order chi connectivity index (χ0) is 15.6. The maximum Gasteiger partial charge on any atom is 0.339 e. The minimum absolute atomic E-state index is 0.0913. The van der Waals surface area contributed by atoms with Crippen LogP contribution in [0.4, 0.5) is 21.6 Å². The molecule has 2 N–H and O–H groups in total. The number of pyridine rings is 1. The lowest BCUT2D eigenvalue weighted by molar-refractivity contribution is -0.385. The molecule has 0 bridgehead atoms. The predicted octanol–water partition coefficient (Wildman–Crippen LogP) is 3.22. The Hall–Kier alpha value is -2.74. The molecule has 0 atom stereocenters. The molecule has 1 aromatic carbocycles. The van der Waals surface area contributed by atoms with Crippen LogP contribution in [0.1, 0.15) is 10.4 Å². The number of rotatable bonds is 4. The smallest absolute Gasteiger partial charge is 0.339 e. The highest BCUT2D eigenvalue weighted by atomic mass is 35.5. The first-order valence-corrected chi connectivity index (χ1v) is 5.86. The van der Waals surface area contributed by atoms with Crippen molar-refractivity contribution < 1.29 is 19.2 Å².